The minimum Gasteiger partial charge on any atom is -0.270 e. The van der Waals surface area contributed by atoms with Gasteiger partial charge in [0, 0.05) is 47.8 Å². The highest BCUT2D eigenvalue weighted by Crippen LogP contribution is 2.40. The average molecular weight is 673 g/mol. The van der Waals surface area contributed by atoms with Crippen LogP contribution in [0.15, 0.2) is 156 Å². The lowest BCUT2D eigenvalue weighted by Crippen LogP contribution is -1.92. The first-order chi connectivity index (χ1) is 25.0. The molecule has 2 aromatic heterocycles. The molecule has 0 atom stereocenters. The summed E-state index contributed by atoms with van der Waals surface area (Å²) in [5.74, 6) is 0. The Morgan fingerprint density at radius 2 is 1.14 bits per heavy atom. The van der Waals surface area contributed by atoms with Crippen LogP contribution in [0.5, 0.6) is 0 Å². The topological polar surface area (TPSA) is 50.5 Å². The fourth-order valence-electron chi connectivity index (χ4n) is 7.11. The van der Waals surface area contributed by atoms with E-state index in [0.717, 1.165) is 66.7 Å². The number of thiophene rings is 1. The molecule has 0 bridgehead atoms. The molecule has 4 nitrogen and oxygen atoms in total. The first kappa shape index (κ1) is 30.7. The van der Waals surface area contributed by atoms with Crippen molar-refractivity contribution in [2.24, 2.45) is 9.98 Å². The number of nitrogens with zero attached hydrogens (tertiary/aromatic N) is 4. The molecule has 9 aromatic rings. The maximum atomic E-state index is 5.24. The van der Waals surface area contributed by atoms with E-state index in [4.69, 9.17) is 15.0 Å². The Bertz CT molecular complexity index is 2870. The molecule has 0 fully saturated rings. The van der Waals surface area contributed by atoms with Crippen molar-refractivity contribution in [2.45, 2.75) is 13.8 Å². The van der Waals surface area contributed by atoms with Crippen LogP contribution in [0.25, 0.3) is 92.0 Å². The molecule has 9 rings (SSSR count). The number of aliphatic imine (C=N–C) groups is 2. The van der Waals surface area contributed by atoms with Gasteiger partial charge >= 0.3 is 0 Å². The summed E-state index contributed by atoms with van der Waals surface area (Å²) in [5, 5.41) is 7.14. The quantitative estimate of drug-likeness (QED) is 0.130. The van der Waals surface area contributed by atoms with Gasteiger partial charge in [0.25, 0.3) is 0 Å². The molecule has 2 heterocycles. The highest BCUT2D eigenvalue weighted by molar-refractivity contribution is 7.25. The molecular weight excluding hydrogens is 641 g/mol. The number of aromatic nitrogens is 2. The second-order valence-electron chi connectivity index (χ2n) is 13.0. The molecule has 0 aliphatic heterocycles. The van der Waals surface area contributed by atoms with Gasteiger partial charge < -0.3 is 0 Å². The normalized spacial score (nSPS) is 11.9. The van der Waals surface area contributed by atoms with Gasteiger partial charge in [0.05, 0.1) is 34.8 Å². The molecule has 0 unspecified atom stereocenters. The third-order valence-corrected chi connectivity index (χ3v) is 10.6. The molecule has 0 radical (unpaired) electrons. The Labute approximate surface area is 299 Å². The van der Waals surface area contributed by atoms with Crippen molar-refractivity contribution in [3.8, 4) is 33.5 Å². The minimum atomic E-state index is 0.803. The molecule has 51 heavy (non-hydrogen) atoms. The predicted octanol–water partition coefficient (Wildman–Crippen LogP) is 12.8. The zero-order valence-corrected chi connectivity index (χ0v) is 29.1. The fourth-order valence-corrected chi connectivity index (χ4v) is 8.18. The zero-order chi connectivity index (χ0) is 34.5. The number of hydrogen-bond donors (Lipinski definition) is 0. The first-order valence-electron chi connectivity index (χ1n) is 17.0. The minimum absolute atomic E-state index is 0.803. The van der Waals surface area contributed by atoms with Crippen LogP contribution in [0.2, 0.25) is 0 Å². The highest BCUT2D eigenvalue weighted by Gasteiger charge is 2.14. The zero-order valence-electron chi connectivity index (χ0n) is 28.3. The summed E-state index contributed by atoms with van der Waals surface area (Å²) in [6.45, 7) is 7.62. The number of benzene rings is 7. The summed E-state index contributed by atoms with van der Waals surface area (Å²) in [6.07, 6.45) is 3.63. The van der Waals surface area contributed by atoms with Gasteiger partial charge in [-0.1, -0.05) is 97.1 Å². The molecule has 0 N–H and O–H groups in total. The van der Waals surface area contributed by atoms with Crippen LogP contribution in [0.3, 0.4) is 0 Å². The molecular formula is C46H32N4S. The average Bonchev–Trinajstić information content (AvgIpc) is 3.55. The molecule has 0 amide bonds. The molecule has 0 aliphatic carbocycles. The summed E-state index contributed by atoms with van der Waals surface area (Å²) in [5.41, 5.74) is 11.1. The summed E-state index contributed by atoms with van der Waals surface area (Å²) in [7, 11) is 0. The monoisotopic (exact) mass is 672 g/mol. The van der Waals surface area contributed by atoms with Crippen molar-refractivity contribution in [3.63, 3.8) is 0 Å². The van der Waals surface area contributed by atoms with Crippen LogP contribution in [-0.4, -0.2) is 22.4 Å². The number of fused-ring (bicyclic) bond motifs is 9. The maximum Gasteiger partial charge on any atom is 0.0979 e. The van der Waals surface area contributed by atoms with Crippen molar-refractivity contribution in [1.29, 1.82) is 0 Å². The van der Waals surface area contributed by atoms with Gasteiger partial charge in [0.1, 0.15) is 0 Å². The van der Waals surface area contributed by atoms with Crippen molar-refractivity contribution in [1.82, 2.24) is 9.97 Å². The van der Waals surface area contributed by atoms with E-state index >= 15 is 0 Å². The molecule has 0 saturated heterocycles. The van der Waals surface area contributed by atoms with E-state index in [2.05, 4.69) is 145 Å². The summed E-state index contributed by atoms with van der Waals surface area (Å²) in [4.78, 5) is 18.9. The maximum absolute atomic E-state index is 5.24. The van der Waals surface area contributed by atoms with Crippen LogP contribution in [0.4, 0.5) is 0 Å². The lowest BCUT2D eigenvalue weighted by atomic mass is 9.97. The van der Waals surface area contributed by atoms with Gasteiger partial charge in [0.2, 0.25) is 0 Å². The van der Waals surface area contributed by atoms with E-state index in [1.54, 1.807) is 6.20 Å². The van der Waals surface area contributed by atoms with Crippen LogP contribution in [-0.2, 0) is 0 Å². The molecule has 5 heteroatoms. The Balaban J connectivity index is 1.12. The Morgan fingerprint density at radius 3 is 1.78 bits per heavy atom. The summed E-state index contributed by atoms with van der Waals surface area (Å²) < 4.78 is 2.54. The Morgan fingerprint density at radius 1 is 0.569 bits per heavy atom. The van der Waals surface area contributed by atoms with E-state index in [1.165, 1.54) is 36.5 Å². The van der Waals surface area contributed by atoms with Crippen molar-refractivity contribution < 1.29 is 0 Å². The standard InChI is InChI=1S/C46H32N4S/c1-28(2)49-41(26-47-3)33-12-8-10-29(22-33)31-18-20-43-39(24-31)40-25-32(19-21-44(40)51-43)30-11-9-13-34(23-30)42-27-48-45-37-16-6-4-14-35(37)36-15-5-7-17-38(36)46(45)50-42/h4-27H,3H2,1-2H3/b41-26-. The van der Waals surface area contributed by atoms with Gasteiger partial charge in [-0.3, -0.25) is 15.0 Å². The molecule has 242 valence electrons. The van der Waals surface area contributed by atoms with Crippen molar-refractivity contribution >= 4 is 82.2 Å². The van der Waals surface area contributed by atoms with E-state index < -0.39 is 0 Å². The van der Waals surface area contributed by atoms with Crippen molar-refractivity contribution in [3.05, 3.63) is 151 Å². The fraction of sp³-hybridized carbons (Fsp3) is 0.0435. The van der Waals surface area contributed by atoms with E-state index in [1.807, 2.05) is 31.4 Å². The molecule has 0 saturated carbocycles. The number of hydrogen-bond acceptors (Lipinski definition) is 5. The van der Waals surface area contributed by atoms with Gasteiger partial charge in [-0.05, 0) is 90.0 Å². The van der Waals surface area contributed by atoms with E-state index in [0.29, 0.717) is 0 Å². The lowest BCUT2D eigenvalue weighted by molar-refractivity contribution is 1.31. The number of rotatable bonds is 6. The SMILES string of the molecule is C=N/C=C(\N=C(C)C)c1cccc(-c2ccc3sc4ccc(-c5cccc(-c6cnc7c8ccccc8c8ccccc8c7n6)c5)cc4c3c2)c1. The van der Waals surface area contributed by atoms with E-state index in [-0.39, 0.29) is 0 Å². The molecule has 7 aromatic carbocycles. The third kappa shape index (κ3) is 5.49. The second-order valence-corrected chi connectivity index (χ2v) is 14.1. The highest BCUT2D eigenvalue weighted by atomic mass is 32.1. The van der Waals surface area contributed by atoms with Gasteiger partial charge in [0.15, 0.2) is 0 Å². The van der Waals surface area contributed by atoms with Crippen LogP contribution < -0.4 is 0 Å². The third-order valence-electron chi connectivity index (χ3n) is 9.44. The summed E-state index contributed by atoms with van der Waals surface area (Å²) >= 11 is 1.83. The first-order valence-corrected chi connectivity index (χ1v) is 17.8. The predicted molar refractivity (Wildman–Crippen MR) is 220 cm³/mol. The van der Waals surface area contributed by atoms with E-state index in [9.17, 15) is 0 Å². The molecule has 0 spiro atoms. The Hall–Kier alpha value is -6.30. The lowest BCUT2D eigenvalue weighted by Gasteiger charge is -2.11. The smallest absolute Gasteiger partial charge is 0.0979 e. The van der Waals surface area contributed by atoms with Crippen LogP contribution in [0.1, 0.15) is 19.4 Å². The largest absolute Gasteiger partial charge is 0.270 e. The second kappa shape index (κ2) is 12.5. The van der Waals surface area contributed by atoms with Gasteiger partial charge in [-0.2, -0.15) is 0 Å². The van der Waals surface area contributed by atoms with Gasteiger partial charge in [-0.25, -0.2) is 4.98 Å². The molecule has 0 aliphatic rings. The Kier molecular flexibility index (Phi) is 7.56. The van der Waals surface area contributed by atoms with Crippen LogP contribution >= 0.6 is 11.3 Å². The van der Waals surface area contributed by atoms with Gasteiger partial charge in [-0.15, -0.1) is 11.3 Å². The summed E-state index contributed by atoms with van der Waals surface area (Å²) in [6, 6.07) is 47.7. The van der Waals surface area contributed by atoms with Crippen LogP contribution in [0, 0.1) is 0 Å². The van der Waals surface area contributed by atoms with Crippen molar-refractivity contribution in [2.75, 3.05) is 0 Å².